The molecule has 102 valence electrons. The molecule has 1 aromatic rings. The molecule has 1 unspecified atom stereocenters. The van der Waals surface area contributed by atoms with Crippen molar-refractivity contribution in [3.8, 4) is 0 Å². The number of methoxy groups -OCH3 is 1. The van der Waals surface area contributed by atoms with E-state index in [0.717, 1.165) is 19.4 Å². The van der Waals surface area contributed by atoms with Crippen LogP contribution >= 0.6 is 0 Å². The molecule has 0 radical (unpaired) electrons. The molecule has 0 spiro atoms. The topological polar surface area (TPSA) is 21.3 Å². The third kappa shape index (κ3) is 4.79. The number of aryl methyl sites for hydroxylation is 1. The van der Waals surface area contributed by atoms with Crippen LogP contribution in [0, 0.1) is 6.92 Å². The summed E-state index contributed by atoms with van der Waals surface area (Å²) >= 11 is 0. The molecule has 1 aromatic carbocycles. The highest BCUT2D eigenvalue weighted by atomic mass is 16.5. The number of hydrogen-bond donors (Lipinski definition) is 1. The zero-order valence-electron chi connectivity index (χ0n) is 12.4. The fraction of sp³-hybridized carbons (Fsp3) is 0.625. The first-order valence-corrected chi connectivity index (χ1v) is 6.81. The second kappa shape index (κ2) is 6.91. The van der Waals surface area contributed by atoms with E-state index in [1.54, 1.807) is 7.11 Å². The lowest BCUT2D eigenvalue weighted by molar-refractivity contribution is 0.00725. The SMILES string of the molecule is CCNC(Cc1ccccc1C)CC(C)(C)OC. The van der Waals surface area contributed by atoms with Crippen LogP contribution in [0.4, 0.5) is 0 Å². The minimum Gasteiger partial charge on any atom is -0.379 e. The molecule has 18 heavy (non-hydrogen) atoms. The molecule has 2 nitrogen and oxygen atoms in total. The summed E-state index contributed by atoms with van der Waals surface area (Å²) in [5.41, 5.74) is 2.72. The van der Waals surface area contributed by atoms with E-state index in [1.165, 1.54) is 11.1 Å². The molecule has 0 aromatic heterocycles. The Labute approximate surface area is 112 Å². The van der Waals surface area contributed by atoms with E-state index in [9.17, 15) is 0 Å². The van der Waals surface area contributed by atoms with E-state index >= 15 is 0 Å². The van der Waals surface area contributed by atoms with Gasteiger partial charge in [-0.25, -0.2) is 0 Å². The van der Waals surface area contributed by atoms with Gasteiger partial charge in [0.1, 0.15) is 0 Å². The van der Waals surface area contributed by atoms with Crippen LogP contribution in [0.3, 0.4) is 0 Å². The Morgan fingerprint density at radius 2 is 1.94 bits per heavy atom. The monoisotopic (exact) mass is 249 g/mol. The number of likely N-dealkylation sites (N-methyl/N-ethyl adjacent to an activating group) is 1. The summed E-state index contributed by atoms with van der Waals surface area (Å²) in [5.74, 6) is 0. The molecular formula is C16H27NO. The standard InChI is InChI=1S/C16H27NO/c1-6-17-15(12-16(3,4)18-5)11-14-10-8-7-9-13(14)2/h7-10,15,17H,6,11-12H2,1-5H3. The lowest BCUT2D eigenvalue weighted by Gasteiger charge is -2.29. The molecule has 0 saturated heterocycles. The zero-order chi connectivity index (χ0) is 13.6. The van der Waals surface area contributed by atoms with E-state index in [2.05, 4.69) is 57.3 Å². The van der Waals surface area contributed by atoms with Gasteiger partial charge in [-0.2, -0.15) is 0 Å². The van der Waals surface area contributed by atoms with Crippen LogP contribution in [-0.4, -0.2) is 25.3 Å². The lowest BCUT2D eigenvalue weighted by atomic mass is 9.92. The summed E-state index contributed by atoms with van der Waals surface area (Å²) in [6, 6.07) is 9.08. The van der Waals surface area contributed by atoms with E-state index in [1.807, 2.05) is 0 Å². The quantitative estimate of drug-likeness (QED) is 0.800. The van der Waals surface area contributed by atoms with E-state index in [-0.39, 0.29) is 5.60 Å². The Morgan fingerprint density at radius 1 is 1.28 bits per heavy atom. The smallest absolute Gasteiger partial charge is 0.0637 e. The minimum atomic E-state index is -0.0739. The highest BCUT2D eigenvalue weighted by molar-refractivity contribution is 5.26. The van der Waals surface area contributed by atoms with Gasteiger partial charge in [0, 0.05) is 13.2 Å². The highest BCUT2D eigenvalue weighted by Crippen LogP contribution is 2.19. The van der Waals surface area contributed by atoms with Crippen LogP contribution in [0.1, 0.15) is 38.3 Å². The van der Waals surface area contributed by atoms with Crippen molar-refractivity contribution in [3.05, 3.63) is 35.4 Å². The van der Waals surface area contributed by atoms with Crippen molar-refractivity contribution >= 4 is 0 Å². The van der Waals surface area contributed by atoms with Gasteiger partial charge in [0.05, 0.1) is 5.60 Å². The van der Waals surface area contributed by atoms with Crippen LogP contribution in [-0.2, 0) is 11.2 Å². The van der Waals surface area contributed by atoms with Gasteiger partial charge in [-0.15, -0.1) is 0 Å². The largest absolute Gasteiger partial charge is 0.379 e. The third-order valence-electron chi connectivity index (χ3n) is 3.51. The molecule has 0 amide bonds. The molecule has 0 saturated carbocycles. The number of nitrogens with one attached hydrogen (secondary N) is 1. The third-order valence-corrected chi connectivity index (χ3v) is 3.51. The van der Waals surface area contributed by atoms with Crippen LogP contribution in [0.15, 0.2) is 24.3 Å². The molecule has 0 heterocycles. The molecule has 1 rings (SSSR count). The first-order chi connectivity index (χ1) is 8.48. The van der Waals surface area contributed by atoms with Crippen LogP contribution in [0.5, 0.6) is 0 Å². The normalized spacial score (nSPS) is 13.6. The van der Waals surface area contributed by atoms with Crippen molar-refractivity contribution in [3.63, 3.8) is 0 Å². The van der Waals surface area contributed by atoms with Gasteiger partial charge in [0.15, 0.2) is 0 Å². The van der Waals surface area contributed by atoms with Crippen molar-refractivity contribution in [1.29, 1.82) is 0 Å². The number of ether oxygens (including phenoxy) is 1. The fourth-order valence-electron chi connectivity index (χ4n) is 2.29. The van der Waals surface area contributed by atoms with Crippen LogP contribution in [0.2, 0.25) is 0 Å². The Hall–Kier alpha value is -0.860. The van der Waals surface area contributed by atoms with Crippen molar-refractivity contribution in [1.82, 2.24) is 5.32 Å². The molecule has 2 heteroatoms. The molecule has 0 fully saturated rings. The summed E-state index contributed by atoms with van der Waals surface area (Å²) in [7, 11) is 1.79. The number of benzene rings is 1. The summed E-state index contributed by atoms with van der Waals surface area (Å²) in [6.45, 7) is 9.63. The second-order valence-corrected chi connectivity index (χ2v) is 5.55. The predicted molar refractivity (Wildman–Crippen MR) is 78.1 cm³/mol. The Kier molecular flexibility index (Phi) is 5.83. The first kappa shape index (κ1) is 15.2. The molecule has 0 bridgehead atoms. The van der Waals surface area contributed by atoms with Gasteiger partial charge in [-0.05, 0) is 51.3 Å². The Bertz CT molecular complexity index is 360. The van der Waals surface area contributed by atoms with Gasteiger partial charge in [0.2, 0.25) is 0 Å². The molecule has 0 aliphatic carbocycles. The van der Waals surface area contributed by atoms with Gasteiger partial charge >= 0.3 is 0 Å². The average molecular weight is 249 g/mol. The van der Waals surface area contributed by atoms with E-state index < -0.39 is 0 Å². The summed E-state index contributed by atoms with van der Waals surface area (Å²) in [6.07, 6.45) is 2.08. The molecule has 1 N–H and O–H groups in total. The van der Waals surface area contributed by atoms with Gasteiger partial charge in [-0.1, -0.05) is 31.2 Å². The first-order valence-electron chi connectivity index (χ1n) is 6.81. The summed E-state index contributed by atoms with van der Waals surface area (Å²) in [4.78, 5) is 0. The number of rotatable bonds is 7. The highest BCUT2D eigenvalue weighted by Gasteiger charge is 2.22. The minimum absolute atomic E-state index is 0.0739. The maximum Gasteiger partial charge on any atom is 0.0637 e. The van der Waals surface area contributed by atoms with Gasteiger partial charge < -0.3 is 10.1 Å². The zero-order valence-corrected chi connectivity index (χ0v) is 12.4. The lowest BCUT2D eigenvalue weighted by Crippen LogP contribution is -2.39. The average Bonchev–Trinajstić information content (AvgIpc) is 2.32. The Morgan fingerprint density at radius 3 is 2.50 bits per heavy atom. The van der Waals surface area contributed by atoms with Crippen molar-refractivity contribution in [2.75, 3.05) is 13.7 Å². The van der Waals surface area contributed by atoms with Crippen molar-refractivity contribution in [2.24, 2.45) is 0 Å². The second-order valence-electron chi connectivity index (χ2n) is 5.55. The van der Waals surface area contributed by atoms with Crippen molar-refractivity contribution in [2.45, 2.75) is 52.2 Å². The molecule has 0 aliphatic heterocycles. The van der Waals surface area contributed by atoms with Crippen LogP contribution < -0.4 is 5.32 Å². The van der Waals surface area contributed by atoms with E-state index in [0.29, 0.717) is 6.04 Å². The van der Waals surface area contributed by atoms with Crippen LogP contribution in [0.25, 0.3) is 0 Å². The maximum absolute atomic E-state index is 5.54. The fourth-order valence-corrected chi connectivity index (χ4v) is 2.29. The van der Waals surface area contributed by atoms with E-state index in [4.69, 9.17) is 4.74 Å². The summed E-state index contributed by atoms with van der Waals surface area (Å²) < 4.78 is 5.54. The van der Waals surface area contributed by atoms with Gasteiger partial charge in [-0.3, -0.25) is 0 Å². The van der Waals surface area contributed by atoms with Gasteiger partial charge in [0.25, 0.3) is 0 Å². The number of hydrogen-bond acceptors (Lipinski definition) is 2. The molecule has 1 atom stereocenters. The molecule has 0 aliphatic rings. The van der Waals surface area contributed by atoms with Crippen molar-refractivity contribution < 1.29 is 4.74 Å². The Balaban J connectivity index is 2.72. The molecular weight excluding hydrogens is 222 g/mol. The predicted octanol–water partition coefficient (Wildman–Crippen LogP) is 3.33. The maximum atomic E-state index is 5.54. The summed E-state index contributed by atoms with van der Waals surface area (Å²) in [5, 5.41) is 3.57.